The molecular weight excluding hydrogens is 388 g/mol. The van der Waals surface area contributed by atoms with Crippen molar-refractivity contribution < 1.29 is 28.6 Å². The highest BCUT2D eigenvalue weighted by atomic mass is 16.5. The van der Waals surface area contributed by atoms with Crippen molar-refractivity contribution in [3.8, 4) is 0 Å². The highest BCUT2D eigenvalue weighted by molar-refractivity contribution is 6.08. The molecule has 0 unspecified atom stereocenters. The van der Waals surface area contributed by atoms with Gasteiger partial charge in [-0.05, 0) is 30.7 Å². The van der Waals surface area contributed by atoms with Crippen LogP contribution in [0.1, 0.15) is 16.8 Å². The number of amides is 2. The number of aliphatic carboxylic acids is 1. The highest BCUT2D eigenvalue weighted by Crippen LogP contribution is 2.29. The van der Waals surface area contributed by atoms with Crippen molar-refractivity contribution in [2.75, 3.05) is 26.8 Å². The van der Waals surface area contributed by atoms with Gasteiger partial charge >= 0.3 is 5.97 Å². The van der Waals surface area contributed by atoms with Crippen LogP contribution >= 0.6 is 0 Å². The Kier molecular flexibility index (Phi) is 5.41. The van der Waals surface area contributed by atoms with Gasteiger partial charge in [0.1, 0.15) is 17.2 Å². The third-order valence-electron chi connectivity index (χ3n) is 5.43. The Morgan fingerprint density at radius 1 is 1.17 bits per heavy atom. The summed E-state index contributed by atoms with van der Waals surface area (Å²) in [6.07, 6.45) is 0.340. The third-order valence-corrected chi connectivity index (χ3v) is 5.43. The molecule has 0 saturated carbocycles. The van der Waals surface area contributed by atoms with Gasteiger partial charge in [0, 0.05) is 35.9 Å². The van der Waals surface area contributed by atoms with Gasteiger partial charge in [-0.2, -0.15) is 0 Å². The third kappa shape index (κ3) is 3.73. The van der Waals surface area contributed by atoms with Crippen LogP contribution in [0.4, 0.5) is 0 Å². The highest BCUT2D eigenvalue weighted by Gasteiger charge is 2.39. The number of nitrogens with zero attached hydrogens (tertiary/aromatic N) is 1. The number of benzene rings is 2. The molecule has 3 aromatic rings. The Morgan fingerprint density at radius 2 is 1.93 bits per heavy atom. The Bertz CT molecular complexity index is 1120. The van der Waals surface area contributed by atoms with Crippen LogP contribution < -0.4 is 5.32 Å². The zero-order chi connectivity index (χ0) is 21.3. The molecule has 2 aromatic carbocycles. The molecule has 8 nitrogen and oxygen atoms in total. The first kappa shape index (κ1) is 19.9. The van der Waals surface area contributed by atoms with E-state index in [0.717, 1.165) is 16.4 Å². The molecule has 8 heteroatoms. The van der Waals surface area contributed by atoms with E-state index in [-0.39, 0.29) is 12.5 Å². The summed E-state index contributed by atoms with van der Waals surface area (Å²) in [6.45, 7) is 0.414. The summed E-state index contributed by atoms with van der Waals surface area (Å²) in [5.74, 6) is -1.92. The number of likely N-dealkylation sites (tertiary alicyclic amines) is 1. The van der Waals surface area contributed by atoms with Crippen molar-refractivity contribution in [1.29, 1.82) is 0 Å². The molecule has 0 bridgehead atoms. The first-order valence-electron chi connectivity index (χ1n) is 9.68. The molecule has 1 aliphatic heterocycles. The summed E-state index contributed by atoms with van der Waals surface area (Å²) in [7, 11) is 1.54. The van der Waals surface area contributed by atoms with E-state index < -0.39 is 23.8 Å². The molecule has 30 heavy (non-hydrogen) atoms. The number of carboxylic acids is 1. The maximum absolute atomic E-state index is 12.6. The number of methoxy groups -OCH3 is 1. The predicted octanol–water partition coefficient (Wildman–Crippen LogP) is 2.26. The van der Waals surface area contributed by atoms with Crippen LogP contribution in [-0.4, -0.2) is 60.6 Å². The standard InChI is InChI=1S/C22H22N2O6/c1-29-12-13-8-17(22(27)28)24(11-13)20(25)10-23-21(26)14-6-7-19-16(9-14)15-4-2-3-5-18(15)30-19/h2-7,9,13,17H,8,10-12H2,1H3,(H,23,26)(H,27,28)/t13-,17-/m0/s1. The molecule has 0 radical (unpaired) electrons. The largest absolute Gasteiger partial charge is 0.480 e. The molecule has 1 fully saturated rings. The summed E-state index contributed by atoms with van der Waals surface area (Å²) in [6, 6.07) is 11.7. The van der Waals surface area contributed by atoms with Crippen molar-refractivity contribution in [3.63, 3.8) is 0 Å². The molecule has 2 N–H and O–H groups in total. The normalized spacial score (nSPS) is 18.8. The number of hydrogen-bond acceptors (Lipinski definition) is 5. The van der Waals surface area contributed by atoms with E-state index in [0.29, 0.717) is 30.7 Å². The van der Waals surface area contributed by atoms with E-state index in [4.69, 9.17) is 9.15 Å². The first-order valence-corrected chi connectivity index (χ1v) is 9.68. The van der Waals surface area contributed by atoms with Gasteiger partial charge < -0.3 is 24.5 Å². The zero-order valence-electron chi connectivity index (χ0n) is 16.5. The number of carbonyl (C=O) groups excluding carboxylic acids is 2. The smallest absolute Gasteiger partial charge is 0.326 e. The minimum Gasteiger partial charge on any atom is -0.480 e. The molecule has 1 aliphatic rings. The maximum Gasteiger partial charge on any atom is 0.326 e. The number of rotatable bonds is 6. The van der Waals surface area contributed by atoms with Gasteiger partial charge in [-0.25, -0.2) is 4.79 Å². The quantitative estimate of drug-likeness (QED) is 0.645. The van der Waals surface area contributed by atoms with Crippen molar-refractivity contribution in [3.05, 3.63) is 48.0 Å². The van der Waals surface area contributed by atoms with Crippen molar-refractivity contribution in [2.24, 2.45) is 5.92 Å². The van der Waals surface area contributed by atoms with Crippen LogP contribution in [0.3, 0.4) is 0 Å². The van der Waals surface area contributed by atoms with Crippen LogP contribution in [0.25, 0.3) is 21.9 Å². The Hall–Kier alpha value is -3.39. The molecule has 0 spiro atoms. The van der Waals surface area contributed by atoms with Crippen LogP contribution in [0.15, 0.2) is 46.9 Å². The van der Waals surface area contributed by atoms with Crippen LogP contribution in [0.2, 0.25) is 0 Å². The average molecular weight is 410 g/mol. The van der Waals surface area contributed by atoms with Gasteiger partial charge in [-0.3, -0.25) is 9.59 Å². The second-order valence-corrected chi connectivity index (χ2v) is 7.45. The van der Waals surface area contributed by atoms with Crippen LogP contribution in [0.5, 0.6) is 0 Å². The Labute approximate surface area is 172 Å². The molecule has 0 aliphatic carbocycles. The lowest BCUT2D eigenvalue weighted by Gasteiger charge is -2.21. The fourth-order valence-electron chi connectivity index (χ4n) is 4.02. The molecule has 156 valence electrons. The van der Waals surface area contributed by atoms with Gasteiger partial charge in [-0.1, -0.05) is 18.2 Å². The van der Waals surface area contributed by atoms with E-state index >= 15 is 0 Å². The Balaban J connectivity index is 1.45. The second kappa shape index (κ2) is 8.16. The number of carbonyl (C=O) groups is 3. The molecule has 1 aromatic heterocycles. The summed E-state index contributed by atoms with van der Waals surface area (Å²) in [5.41, 5.74) is 1.81. The van der Waals surface area contributed by atoms with E-state index in [2.05, 4.69) is 5.32 Å². The minimum atomic E-state index is -1.05. The predicted molar refractivity (Wildman–Crippen MR) is 109 cm³/mol. The molecular formula is C22H22N2O6. The fraction of sp³-hybridized carbons (Fsp3) is 0.318. The van der Waals surface area contributed by atoms with Gasteiger partial charge in [0.2, 0.25) is 5.91 Å². The average Bonchev–Trinajstić information content (AvgIpc) is 3.33. The lowest BCUT2D eigenvalue weighted by Crippen LogP contribution is -2.45. The number of fused-ring (bicyclic) bond motifs is 3. The van der Waals surface area contributed by atoms with Crippen molar-refractivity contribution in [1.82, 2.24) is 10.2 Å². The molecule has 2 amide bonds. The first-order chi connectivity index (χ1) is 14.5. The van der Waals surface area contributed by atoms with Crippen molar-refractivity contribution in [2.45, 2.75) is 12.5 Å². The molecule has 2 heterocycles. The van der Waals surface area contributed by atoms with Gasteiger partial charge in [0.15, 0.2) is 0 Å². The second-order valence-electron chi connectivity index (χ2n) is 7.45. The number of furan rings is 1. The lowest BCUT2D eigenvalue weighted by atomic mass is 10.1. The molecule has 2 atom stereocenters. The van der Waals surface area contributed by atoms with Crippen LogP contribution in [-0.2, 0) is 14.3 Å². The summed E-state index contributed by atoms with van der Waals surface area (Å²) in [4.78, 5) is 38.0. The van der Waals surface area contributed by atoms with E-state index in [1.165, 1.54) is 4.90 Å². The summed E-state index contributed by atoms with van der Waals surface area (Å²) in [5, 5.41) is 13.7. The number of ether oxygens (including phenoxy) is 1. The van der Waals surface area contributed by atoms with E-state index in [1.54, 1.807) is 25.3 Å². The number of nitrogens with one attached hydrogen (secondary N) is 1. The van der Waals surface area contributed by atoms with E-state index in [9.17, 15) is 19.5 Å². The topological polar surface area (TPSA) is 109 Å². The number of hydrogen-bond donors (Lipinski definition) is 2. The van der Waals surface area contributed by atoms with E-state index in [1.807, 2.05) is 24.3 Å². The minimum absolute atomic E-state index is 0.0347. The molecule has 1 saturated heterocycles. The molecule has 4 rings (SSSR count). The number of carboxylic acid groups (broad SMARTS) is 1. The van der Waals surface area contributed by atoms with Gasteiger partial charge in [0.25, 0.3) is 5.91 Å². The fourth-order valence-corrected chi connectivity index (χ4v) is 4.02. The number of para-hydroxylation sites is 1. The summed E-state index contributed by atoms with van der Waals surface area (Å²) < 4.78 is 10.8. The van der Waals surface area contributed by atoms with Gasteiger partial charge in [-0.15, -0.1) is 0 Å². The lowest BCUT2D eigenvalue weighted by molar-refractivity contribution is -0.147. The van der Waals surface area contributed by atoms with Crippen LogP contribution in [0, 0.1) is 5.92 Å². The maximum atomic E-state index is 12.6. The van der Waals surface area contributed by atoms with Gasteiger partial charge in [0.05, 0.1) is 13.2 Å². The Morgan fingerprint density at radius 3 is 2.70 bits per heavy atom. The summed E-state index contributed by atoms with van der Waals surface area (Å²) >= 11 is 0. The SMILES string of the molecule is COC[C@H]1C[C@@H](C(=O)O)N(C(=O)CNC(=O)c2ccc3oc4ccccc4c3c2)C1. The monoisotopic (exact) mass is 410 g/mol. The zero-order valence-corrected chi connectivity index (χ0v) is 16.5. The van der Waals surface area contributed by atoms with Crippen molar-refractivity contribution >= 4 is 39.7 Å².